The van der Waals surface area contributed by atoms with Crippen LogP contribution in [0.2, 0.25) is 0 Å². The van der Waals surface area contributed by atoms with Crippen molar-refractivity contribution in [3.05, 3.63) is 65.2 Å². The minimum absolute atomic E-state index is 0.0468. The highest BCUT2D eigenvalue weighted by Gasteiger charge is 2.40. The molecule has 0 spiro atoms. The summed E-state index contributed by atoms with van der Waals surface area (Å²) in [4.78, 5) is 11.8. The average Bonchev–Trinajstić information content (AvgIpc) is 3.29. The van der Waals surface area contributed by atoms with E-state index in [4.69, 9.17) is 14.2 Å². The van der Waals surface area contributed by atoms with Crippen molar-refractivity contribution in [2.45, 2.75) is 42.6 Å². The third-order valence-electron chi connectivity index (χ3n) is 6.04. The number of halogens is 6. The second kappa shape index (κ2) is 11.5. The van der Waals surface area contributed by atoms with E-state index in [0.29, 0.717) is 17.1 Å². The second-order valence-corrected chi connectivity index (χ2v) is 10.3. The van der Waals surface area contributed by atoms with E-state index in [1.54, 1.807) is 25.1 Å². The normalized spacial score (nSPS) is 18.6. The molecule has 2 aromatic rings. The fraction of sp³-hybridized carbons (Fsp3) is 0.400. The molecule has 0 aromatic heterocycles. The predicted molar refractivity (Wildman–Crippen MR) is 127 cm³/mol. The maximum absolute atomic E-state index is 13.2. The summed E-state index contributed by atoms with van der Waals surface area (Å²) in [5, 5.41) is 0. The van der Waals surface area contributed by atoms with Crippen molar-refractivity contribution in [1.29, 1.82) is 0 Å². The van der Waals surface area contributed by atoms with E-state index < -0.39 is 62.2 Å². The molecule has 3 rings (SSSR count). The number of hydrogen-bond acceptors (Lipinski definition) is 6. The van der Waals surface area contributed by atoms with Gasteiger partial charge in [-0.05, 0) is 55.7 Å². The zero-order valence-corrected chi connectivity index (χ0v) is 21.7. The number of nitrogens with one attached hydrogen (secondary N) is 1. The SMILES string of the molecule is CCOC(=O)C(c1cc(OC)ccc1OC)C1C=CC(NS(=O)(=O)c2cc(C(F)(F)F)cc(C(F)(F)F)c2)C1. The van der Waals surface area contributed by atoms with E-state index >= 15 is 0 Å². The highest BCUT2D eigenvalue weighted by molar-refractivity contribution is 7.89. The van der Waals surface area contributed by atoms with Crippen LogP contribution in [0.5, 0.6) is 11.5 Å². The Bertz CT molecular complexity index is 1310. The van der Waals surface area contributed by atoms with Crippen LogP contribution >= 0.6 is 0 Å². The van der Waals surface area contributed by atoms with E-state index in [1.807, 2.05) is 0 Å². The van der Waals surface area contributed by atoms with Crippen molar-refractivity contribution in [2.24, 2.45) is 5.92 Å². The summed E-state index contributed by atoms with van der Waals surface area (Å²) in [5.41, 5.74) is -3.13. The highest BCUT2D eigenvalue weighted by Crippen LogP contribution is 2.41. The molecule has 2 aromatic carbocycles. The maximum atomic E-state index is 13.2. The summed E-state index contributed by atoms with van der Waals surface area (Å²) in [6.45, 7) is 1.65. The first-order chi connectivity index (χ1) is 18.1. The van der Waals surface area contributed by atoms with E-state index in [-0.39, 0.29) is 31.2 Å². The van der Waals surface area contributed by atoms with Gasteiger partial charge in [-0.15, -0.1) is 0 Å². The molecular formula is C25H25F6NO6S. The summed E-state index contributed by atoms with van der Waals surface area (Å²) < 4.78 is 123. The maximum Gasteiger partial charge on any atom is 0.416 e. The van der Waals surface area contributed by atoms with Crippen LogP contribution in [-0.2, 0) is 31.9 Å². The number of alkyl halides is 6. The fourth-order valence-electron chi connectivity index (χ4n) is 4.26. The summed E-state index contributed by atoms with van der Waals surface area (Å²) in [7, 11) is -2.03. The molecule has 0 saturated heterocycles. The quantitative estimate of drug-likeness (QED) is 0.245. The molecule has 0 saturated carbocycles. The number of benzene rings is 2. The minimum Gasteiger partial charge on any atom is -0.497 e. The van der Waals surface area contributed by atoms with Crippen LogP contribution in [-0.4, -0.2) is 41.3 Å². The molecule has 7 nitrogen and oxygen atoms in total. The first kappa shape index (κ1) is 30.3. The van der Waals surface area contributed by atoms with Gasteiger partial charge in [0, 0.05) is 11.6 Å². The molecule has 214 valence electrons. The number of carbonyl (C=O) groups excluding carboxylic acids is 1. The third-order valence-corrected chi connectivity index (χ3v) is 7.50. The summed E-state index contributed by atoms with van der Waals surface area (Å²) in [6.07, 6.45) is -7.58. The Hall–Kier alpha value is -3.26. The topological polar surface area (TPSA) is 90.9 Å². The fourth-order valence-corrected chi connectivity index (χ4v) is 5.53. The number of carbonyl (C=O) groups is 1. The number of allylic oxidation sites excluding steroid dienone is 1. The average molecular weight is 582 g/mol. The molecular weight excluding hydrogens is 556 g/mol. The van der Waals surface area contributed by atoms with Crippen molar-refractivity contribution >= 4 is 16.0 Å². The van der Waals surface area contributed by atoms with Crippen LogP contribution < -0.4 is 14.2 Å². The number of ether oxygens (including phenoxy) is 3. The number of hydrogen-bond donors (Lipinski definition) is 1. The van der Waals surface area contributed by atoms with Crippen LogP contribution in [0.15, 0.2) is 53.4 Å². The lowest BCUT2D eigenvalue weighted by Gasteiger charge is -2.24. The van der Waals surface area contributed by atoms with Crippen LogP contribution in [0.4, 0.5) is 26.3 Å². The summed E-state index contributed by atoms with van der Waals surface area (Å²) in [6, 6.07) is 3.81. The lowest BCUT2D eigenvalue weighted by molar-refractivity contribution is -0.146. The van der Waals surface area contributed by atoms with Gasteiger partial charge in [-0.2, -0.15) is 26.3 Å². The monoisotopic (exact) mass is 581 g/mol. The van der Waals surface area contributed by atoms with Gasteiger partial charge in [0.1, 0.15) is 11.5 Å². The van der Waals surface area contributed by atoms with Gasteiger partial charge in [-0.1, -0.05) is 12.2 Å². The van der Waals surface area contributed by atoms with Crippen molar-refractivity contribution in [1.82, 2.24) is 4.72 Å². The Kier molecular flexibility index (Phi) is 8.90. The Morgan fingerprint density at radius 3 is 2.10 bits per heavy atom. The number of methoxy groups -OCH3 is 2. The van der Waals surface area contributed by atoms with Gasteiger partial charge in [0.2, 0.25) is 10.0 Å². The third kappa shape index (κ3) is 7.04. The standard InChI is InChI=1S/C25H25F6NO6S/c1-4-38-23(33)22(20-13-18(36-2)7-8-21(20)37-3)14-5-6-17(9-14)32-39(34,35)19-11-15(24(26,27)28)10-16(12-19)25(29,30)31/h5-8,10-14,17,22,32H,4,9H2,1-3H3. The molecule has 0 fully saturated rings. The molecule has 3 unspecified atom stereocenters. The second-order valence-electron chi connectivity index (χ2n) is 8.59. The lowest BCUT2D eigenvalue weighted by atomic mass is 9.84. The molecule has 1 aliphatic carbocycles. The van der Waals surface area contributed by atoms with Crippen LogP contribution in [0, 0.1) is 5.92 Å². The largest absolute Gasteiger partial charge is 0.497 e. The van der Waals surface area contributed by atoms with Gasteiger partial charge in [0.15, 0.2) is 0 Å². The molecule has 0 radical (unpaired) electrons. The molecule has 14 heteroatoms. The smallest absolute Gasteiger partial charge is 0.416 e. The highest BCUT2D eigenvalue weighted by atomic mass is 32.2. The molecule has 1 aliphatic rings. The van der Waals surface area contributed by atoms with Gasteiger partial charge in [0.05, 0.1) is 42.8 Å². The molecule has 39 heavy (non-hydrogen) atoms. The van der Waals surface area contributed by atoms with E-state index in [0.717, 1.165) is 0 Å². The van der Waals surface area contributed by atoms with Crippen molar-refractivity contribution in [2.75, 3.05) is 20.8 Å². The Morgan fingerprint density at radius 1 is 0.974 bits per heavy atom. The van der Waals surface area contributed by atoms with E-state index in [1.165, 1.54) is 26.4 Å². The van der Waals surface area contributed by atoms with E-state index in [2.05, 4.69) is 4.72 Å². The Morgan fingerprint density at radius 2 is 1.59 bits per heavy atom. The van der Waals surface area contributed by atoms with Crippen molar-refractivity contribution < 1.29 is 53.8 Å². The summed E-state index contributed by atoms with van der Waals surface area (Å²) >= 11 is 0. The lowest BCUT2D eigenvalue weighted by Crippen LogP contribution is -2.34. The molecule has 0 bridgehead atoms. The Balaban J connectivity index is 1.93. The summed E-state index contributed by atoms with van der Waals surface area (Å²) in [5.74, 6) is -1.55. The molecule has 0 aliphatic heterocycles. The van der Waals surface area contributed by atoms with Gasteiger partial charge < -0.3 is 14.2 Å². The Labute approximate surface area is 220 Å². The molecule has 1 N–H and O–H groups in total. The molecule has 0 heterocycles. The van der Waals surface area contributed by atoms with Crippen LogP contribution in [0.1, 0.15) is 36.0 Å². The predicted octanol–water partition coefficient (Wildman–Crippen LogP) is 5.31. The first-order valence-electron chi connectivity index (χ1n) is 11.5. The minimum atomic E-state index is -5.22. The van der Waals surface area contributed by atoms with Gasteiger partial charge >= 0.3 is 18.3 Å². The zero-order valence-electron chi connectivity index (χ0n) is 20.9. The number of sulfonamides is 1. The first-order valence-corrected chi connectivity index (χ1v) is 13.0. The van der Waals surface area contributed by atoms with Gasteiger partial charge in [0.25, 0.3) is 0 Å². The number of rotatable bonds is 9. The number of esters is 1. The van der Waals surface area contributed by atoms with Crippen molar-refractivity contribution in [3.63, 3.8) is 0 Å². The van der Waals surface area contributed by atoms with Crippen LogP contribution in [0.25, 0.3) is 0 Å². The zero-order chi connectivity index (χ0) is 29.2. The molecule has 0 amide bonds. The van der Waals surface area contributed by atoms with Crippen molar-refractivity contribution in [3.8, 4) is 11.5 Å². The van der Waals surface area contributed by atoms with Gasteiger partial charge in [-0.3, -0.25) is 4.79 Å². The van der Waals surface area contributed by atoms with Crippen LogP contribution in [0.3, 0.4) is 0 Å². The van der Waals surface area contributed by atoms with E-state index in [9.17, 15) is 39.6 Å². The van der Waals surface area contributed by atoms with Gasteiger partial charge in [-0.25, -0.2) is 13.1 Å². The molecule has 3 atom stereocenters.